The third-order valence-corrected chi connectivity index (χ3v) is 11.7. The second kappa shape index (κ2) is 7.49. The number of rotatable bonds is 8. The summed E-state index contributed by atoms with van der Waals surface area (Å²) in [6.07, 6.45) is -0.776. The lowest BCUT2D eigenvalue weighted by atomic mass is 10.4. The molecule has 0 amide bonds. The first kappa shape index (κ1) is 17.5. The largest absolute Gasteiger partial charge is 0.432 e. The van der Waals surface area contributed by atoms with Crippen molar-refractivity contribution in [3.63, 3.8) is 0 Å². The lowest BCUT2D eigenvalue weighted by Gasteiger charge is -2.37. The molecule has 0 aliphatic carbocycles. The topological polar surface area (TPSA) is 58.9 Å². The highest BCUT2D eigenvalue weighted by Crippen LogP contribution is 2.24. The Labute approximate surface area is 123 Å². The van der Waals surface area contributed by atoms with Gasteiger partial charge in [-0.25, -0.2) is 0 Å². The maximum Gasteiger partial charge on any atom is 0.330 e. The van der Waals surface area contributed by atoms with E-state index in [2.05, 4.69) is 25.2 Å². The molecule has 0 saturated heterocycles. The highest BCUT2D eigenvalue weighted by molar-refractivity contribution is 6.91. The van der Waals surface area contributed by atoms with Gasteiger partial charge in [-0.2, -0.15) is 0 Å². The van der Waals surface area contributed by atoms with Crippen molar-refractivity contribution in [1.82, 2.24) is 0 Å². The second-order valence-electron chi connectivity index (χ2n) is 5.49. The number of aliphatic hydroxyl groups is 2. The van der Waals surface area contributed by atoms with Crippen molar-refractivity contribution in [2.24, 2.45) is 0 Å². The Kier molecular flexibility index (Phi) is 6.57. The van der Waals surface area contributed by atoms with Crippen LogP contribution in [0.4, 0.5) is 0 Å². The lowest BCUT2D eigenvalue weighted by Crippen LogP contribution is -2.57. The van der Waals surface area contributed by atoms with Crippen LogP contribution >= 0.6 is 0 Å². The van der Waals surface area contributed by atoms with E-state index in [-0.39, 0.29) is 6.61 Å². The van der Waals surface area contributed by atoms with Gasteiger partial charge >= 0.3 is 8.56 Å². The van der Waals surface area contributed by atoms with Gasteiger partial charge in [-0.1, -0.05) is 37.3 Å². The molecule has 0 fully saturated rings. The summed E-state index contributed by atoms with van der Waals surface area (Å²) < 4.78 is 12.2. The number of hydrogen-bond donors (Lipinski definition) is 2. The van der Waals surface area contributed by atoms with Crippen molar-refractivity contribution in [2.75, 3.05) is 13.7 Å². The fraction of sp³-hybridized carbons (Fsp3) is 0.571. The first-order valence-electron chi connectivity index (χ1n) is 6.99. The summed E-state index contributed by atoms with van der Waals surface area (Å²) >= 11 is 0. The molecule has 1 aromatic rings. The van der Waals surface area contributed by atoms with Crippen LogP contribution in [-0.2, 0) is 8.54 Å². The molecule has 2 N–H and O–H groups in total. The molecule has 0 radical (unpaired) electrons. The maximum absolute atomic E-state index is 9.76. The van der Waals surface area contributed by atoms with Gasteiger partial charge < -0.3 is 18.8 Å². The lowest BCUT2D eigenvalue weighted by molar-refractivity contribution is 0.100. The molecule has 1 rings (SSSR count). The SMILES string of the molecule is CC[Si](CC(O)CO)(OC)O[Si](C)(C)c1ccccc1. The van der Waals surface area contributed by atoms with Crippen molar-refractivity contribution < 1.29 is 18.8 Å². The van der Waals surface area contributed by atoms with Crippen LogP contribution in [0, 0.1) is 0 Å². The van der Waals surface area contributed by atoms with Gasteiger partial charge in [0.15, 0.2) is 0 Å². The minimum Gasteiger partial charge on any atom is -0.432 e. The van der Waals surface area contributed by atoms with Crippen molar-refractivity contribution in [2.45, 2.75) is 38.2 Å². The Morgan fingerprint density at radius 3 is 2.25 bits per heavy atom. The average Bonchev–Trinajstić information content (AvgIpc) is 2.47. The smallest absolute Gasteiger partial charge is 0.330 e. The number of aliphatic hydroxyl groups excluding tert-OH is 2. The molecule has 114 valence electrons. The highest BCUT2D eigenvalue weighted by Gasteiger charge is 2.43. The molecule has 0 aliphatic heterocycles. The summed E-state index contributed by atoms with van der Waals surface area (Å²) in [5.74, 6) is 0. The minimum absolute atomic E-state index is 0.255. The van der Waals surface area contributed by atoms with Gasteiger partial charge in [0, 0.05) is 13.2 Å². The summed E-state index contributed by atoms with van der Waals surface area (Å²) in [7, 11) is -2.94. The normalized spacial score (nSPS) is 16.7. The number of benzene rings is 1. The van der Waals surface area contributed by atoms with Gasteiger partial charge in [0.05, 0.1) is 12.7 Å². The monoisotopic (exact) mass is 314 g/mol. The first-order chi connectivity index (χ1) is 9.39. The third kappa shape index (κ3) is 4.51. The first-order valence-corrected chi connectivity index (χ1v) is 12.1. The van der Waals surface area contributed by atoms with Crippen LogP contribution in [0.1, 0.15) is 6.92 Å². The Bertz CT molecular complexity index is 393. The summed E-state index contributed by atoms with van der Waals surface area (Å²) in [6, 6.07) is 11.3. The van der Waals surface area contributed by atoms with Gasteiger partial charge in [-0.05, 0) is 24.3 Å². The van der Waals surface area contributed by atoms with Crippen LogP contribution in [0.3, 0.4) is 0 Å². The van der Waals surface area contributed by atoms with E-state index in [1.165, 1.54) is 5.19 Å². The molecule has 2 unspecified atom stereocenters. The summed E-state index contributed by atoms with van der Waals surface area (Å²) in [4.78, 5) is 0. The summed E-state index contributed by atoms with van der Waals surface area (Å²) in [6.45, 7) is 6.05. The van der Waals surface area contributed by atoms with E-state index in [1.807, 2.05) is 25.1 Å². The van der Waals surface area contributed by atoms with Gasteiger partial charge in [0.2, 0.25) is 8.32 Å². The van der Waals surface area contributed by atoms with E-state index in [9.17, 15) is 5.11 Å². The van der Waals surface area contributed by atoms with Gasteiger partial charge in [0.25, 0.3) is 0 Å². The van der Waals surface area contributed by atoms with Crippen molar-refractivity contribution in [1.29, 1.82) is 0 Å². The zero-order valence-electron chi connectivity index (χ0n) is 12.8. The Hall–Kier alpha value is -0.506. The maximum atomic E-state index is 9.76. The quantitative estimate of drug-likeness (QED) is 0.715. The molecule has 4 nitrogen and oxygen atoms in total. The number of hydrogen-bond acceptors (Lipinski definition) is 4. The third-order valence-electron chi connectivity index (χ3n) is 3.58. The molecule has 0 saturated carbocycles. The van der Waals surface area contributed by atoms with E-state index in [1.54, 1.807) is 7.11 Å². The zero-order valence-corrected chi connectivity index (χ0v) is 14.8. The Morgan fingerprint density at radius 1 is 1.20 bits per heavy atom. The van der Waals surface area contributed by atoms with Crippen LogP contribution in [0.15, 0.2) is 30.3 Å². The molecule has 0 bridgehead atoms. The zero-order chi connectivity index (χ0) is 15.2. The van der Waals surface area contributed by atoms with Crippen LogP contribution in [-0.4, -0.2) is 46.9 Å². The molecule has 6 heteroatoms. The van der Waals surface area contributed by atoms with E-state index < -0.39 is 23.0 Å². The Morgan fingerprint density at radius 2 is 1.80 bits per heavy atom. The average molecular weight is 315 g/mol. The standard InChI is InChI=1S/C14H26O4Si2/c1-5-20(17-2,12-13(16)11-15)18-19(3,4)14-9-7-6-8-10-14/h6-10,13,15-16H,5,11-12H2,1-4H3. The van der Waals surface area contributed by atoms with Crippen LogP contribution in [0.25, 0.3) is 0 Å². The summed E-state index contributed by atoms with van der Waals surface area (Å²) in [5.41, 5.74) is 0. The fourth-order valence-electron chi connectivity index (χ4n) is 2.31. The summed E-state index contributed by atoms with van der Waals surface area (Å²) in [5, 5.41) is 20.0. The van der Waals surface area contributed by atoms with Crippen LogP contribution in [0.2, 0.25) is 25.2 Å². The molecule has 2 atom stereocenters. The van der Waals surface area contributed by atoms with E-state index in [0.717, 1.165) is 6.04 Å². The molecule has 20 heavy (non-hydrogen) atoms. The van der Waals surface area contributed by atoms with Crippen LogP contribution in [0.5, 0.6) is 0 Å². The van der Waals surface area contributed by atoms with E-state index in [4.69, 9.17) is 13.6 Å². The molecule has 1 aromatic carbocycles. The van der Waals surface area contributed by atoms with E-state index >= 15 is 0 Å². The fourth-order valence-corrected chi connectivity index (χ4v) is 10.3. The molecule has 0 aromatic heterocycles. The molecule has 0 aliphatic rings. The van der Waals surface area contributed by atoms with Crippen LogP contribution < -0.4 is 5.19 Å². The van der Waals surface area contributed by atoms with Crippen molar-refractivity contribution in [3.8, 4) is 0 Å². The van der Waals surface area contributed by atoms with Gasteiger partial charge in [-0.3, -0.25) is 0 Å². The van der Waals surface area contributed by atoms with Gasteiger partial charge in [0.1, 0.15) is 0 Å². The predicted octanol–water partition coefficient (Wildman–Crippen LogP) is 1.58. The van der Waals surface area contributed by atoms with Crippen molar-refractivity contribution in [3.05, 3.63) is 30.3 Å². The van der Waals surface area contributed by atoms with E-state index in [0.29, 0.717) is 6.04 Å². The highest BCUT2D eigenvalue weighted by atomic mass is 28.4. The second-order valence-corrected chi connectivity index (χ2v) is 13.2. The van der Waals surface area contributed by atoms with Crippen molar-refractivity contribution >= 4 is 22.1 Å². The minimum atomic E-state index is -2.49. The van der Waals surface area contributed by atoms with Gasteiger partial charge in [-0.15, -0.1) is 0 Å². The molecular weight excluding hydrogens is 288 g/mol. The molecule has 0 heterocycles. The molecular formula is C14H26O4Si2. The Balaban J connectivity index is 2.94. The predicted molar refractivity (Wildman–Crippen MR) is 85.8 cm³/mol. The molecule has 0 spiro atoms.